The van der Waals surface area contributed by atoms with Crippen molar-refractivity contribution in [2.24, 2.45) is 0 Å². The molecule has 0 aliphatic heterocycles. The number of aromatic nitrogens is 3. The van der Waals surface area contributed by atoms with Gasteiger partial charge in [0.15, 0.2) is 0 Å². The Morgan fingerprint density at radius 3 is 2.53 bits per heavy atom. The van der Waals surface area contributed by atoms with Crippen molar-refractivity contribution >= 4 is 16.3 Å². The van der Waals surface area contributed by atoms with Crippen LogP contribution in [-0.4, -0.2) is 21.7 Å². The summed E-state index contributed by atoms with van der Waals surface area (Å²) in [5.74, 6) is 0. The number of nitrogens with zero attached hydrogens (tertiary/aromatic N) is 3. The van der Waals surface area contributed by atoms with Crippen LogP contribution in [0.5, 0.6) is 0 Å². The third-order valence-electron chi connectivity index (χ3n) is 2.69. The van der Waals surface area contributed by atoms with E-state index in [1.54, 1.807) is 18.4 Å². The molecule has 0 spiro atoms. The van der Waals surface area contributed by atoms with E-state index in [1.165, 1.54) is 0 Å². The maximum Gasteiger partial charge on any atom is 0.212 e. The van der Waals surface area contributed by atoms with Crippen LogP contribution in [0.4, 0.5) is 0 Å². The second-order valence-corrected chi connectivity index (χ2v) is 5.05. The Balaban J connectivity index is 2.58. The molecule has 5 heteroatoms. The molecule has 82 valence electrons. The summed E-state index contributed by atoms with van der Waals surface area (Å²) in [7, 11) is 1.70. The van der Waals surface area contributed by atoms with Gasteiger partial charge in [-0.05, 0) is 27.7 Å². The molecule has 0 N–H and O–H groups in total. The first kappa shape index (κ1) is 10.6. The second-order valence-electron chi connectivity index (χ2n) is 4.10. The van der Waals surface area contributed by atoms with E-state index in [4.69, 9.17) is 4.74 Å². The lowest BCUT2D eigenvalue weighted by molar-refractivity contribution is 0.0183. The van der Waals surface area contributed by atoms with Gasteiger partial charge in [0.2, 0.25) is 4.96 Å². The molecule has 0 aliphatic rings. The number of fused-ring (bicyclic) bond motifs is 1. The summed E-state index contributed by atoms with van der Waals surface area (Å²) >= 11 is 1.58. The molecule has 0 bridgehead atoms. The molecule has 15 heavy (non-hydrogen) atoms. The highest BCUT2D eigenvalue weighted by Gasteiger charge is 2.25. The highest BCUT2D eigenvalue weighted by atomic mass is 32.1. The number of rotatable bonds is 2. The van der Waals surface area contributed by atoms with Gasteiger partial charge in [0.25, 0.3) is 0 Å². The lowest BCUT2D eigenvalue weighted by Gasteiger charge is -2.18. The fraction of sp³-hybridized carbons (Fsp3) is 0.600. The molecule has 2 heterocycles. The van der Waals surface area contributed by atoms with Crippen molar-refractivity contribution in [2.75, 3.05) is 7.11 Å². The fourth-order valence-corrected chi connectivity index (χ4v) is 2.35. The maximum absolute atomic E-state index is 5.40. The summed E-state index contributed by atoms with van der Waals surface area (Å²) in [4.78, 5) is 5.38. The average molecular weight is 225 g/mol. The minimum atomic E-state index is -0.342. The van der Waals surface area contributed by atoms with Gasteiger partial charge in [-0.25, -0.2) is 9.50 Å². The zero-order valence-corrected chi connectivity index (χ0v) is 10.5. The highest BCUT2D eigenvalue weighted by molar-refractivity contribution is 7.16. The number of aryl methyl sites for hydroxylation is 2. The molecule has 0 unspecified atom stereocenters. The van der Waals surface area contributed by atoms with E-state index < -0.39 is 0 Å². The number of hydrogen-bond acceptors (Lipinski definition) is 4. The van der Waals surface area contributed by atoms with Crippen molar-refractivity contribution in [1.82, 2.24) is 14.6 Å². The topological polar surface area (TPSA) is 39.4 Å². The van der Waals surface area contributed by atoms with Crippen LogP contribution >= 0.6 is 11.3 Å². The molecule has 0 radical (unpaired) electrons. The van der Waals surface area contributed by atoms with E-state index in [0.717, 1.165) is 21.4 Å². The van der Waals surface area contributed by atoms with Gasteiger partial charge in [-0.1, -0.05) is 11.3 Å². The van der Waals surface area contributed by atoms with Crippen molar-refractivity contribution in [1.29, 1.82) is 0 Å². The standard InChI is InChI=1S/C10H15N3OS/c1-6-7(2)13-9(11-6)15-8(12-13)10(3,4)14-5/h1-5H3. The summed E-state index contributed by atoms with van der Waals surface area (Å²) in [5, 5.41) is 5.48. The van der Waals surface area contributed by atoms with E-state index in [2.05, 4.69) is 10.1 Å². The zero-order valence-electron chi connectivity index (χ0n) is 9.66. The first-order valence-electron chi connectivity index (χ1n) is 4.84. The van der Waals surface area contributed by atoms with E-state index in [0.29, 0.717) is 0 Å². The summed E-state index contributed by atoms with van der Waals surface area (Å²) in [5.41, 5.74) is 1.79. The van der Waals surface area contributed by atoms with Crippen molar-refractivity contribution < 1.29 is 4.74 Å². The summed E-state index contributed by atoms with van der Waals surface area (Å²) in [6.45, 7) is 8.04. The Morgan fingerprint density at radius 2 is 2.00 bits per heavy atom. The van der Waals surface area contributed by atoms with Crippen molar-refractivity contribution in [2.45, 2.75) is 33.3 Å². The van der Waals surface area contributed by atoms with Crippen LogP contribution in [0.15, 0.2) is 0 Å². The summed E-state index contributed by atoms with van der Waals surface area (Å²) in [6, 6.07) is 0. The molecule has 0 amide bonds. The number of ether oxygens (including phenoxy) is 1. The molecule has 4 nitrogen and oxygen atoms in total. The van der Waals surface area contributed by atoms with Crippen LogP contribution in [-0.2, 0) is 10.3 Å². The molecule has 2 rings (SSSR count). The number of methoxy groups -OCH3 is 1. The number of hydrogen-bond donors (Lipinski definition) is 0. The fourth-order valence-electron chi connectivity index (χ4n) is 1.28. The molecular weight excluding hydrogens is 210 g/mol. The predicted octanol–water partition coefficient (Wildman–Crippen LogP) is 2.29. The molecule has 0 aliphatic carbocycles. The Morgan fingerprint density at radius 1 is 1.33 bits per heavy atom. The van der Waals surface area contributed by atoms with Crippen molar-refractivity contribution in [3.63, 3.8) is 0 Å². The van der Waals surface area contributed by atoms with E-state index in [9.17, 15) is 0 Å². The van der Waals surface area contributed by atoms with Crippen LogP contribution in [0.3, 0.4) is 0 Å². The van der Waals surface area contributed by atoms with Gasteiger partial charge in [-0.15, -0.1) is 0 Å². The molecule has 0 saturated heterocycles. The van der Waals surface area contributed by atoms with Crippen molar-refractivity contribution in [3.8, 4) is 0 Å². The minimum absolute atomic E-state index is 0.342. The first-order chi connectivity index (χ1) is 6.95. The molecule has 0 aromatic carbocycles. The van der Waals surface area contributed by atoms with Gasteiger partial charge < -0.3 is 4.74 Å². The van der Waals surface area contributed by atoms with Gasteiger partial charge in [0.1, 0.15) is 10.6 Å². The first-order valence-corrected chi connectivity index (χ1v) is 5.66. The second kappa shape index (κ2) is 3.28. The normalized spacial score (nSPS) is 12.6. The summed E-state index contributed by atoms with van der Waals surface area (Å²) < 4.78 is 7.28. The van der Waals surface area contributed by atoms with E-state index >= 15 is 0 Å². The molecule has 0 atom stereocenters. The quantitative estimate of drug-likeness (QED) is 0.787. The van der Waals surface area contributed by atoms with Gasteiger partial charge in [-0.2, -0.15) is 5.10 Å². The van der Waals surface area contributed by atoms with Gasteiger partial charge >= 0.3 is 0 Å². The van der Waals surface area contributed by atoms with Gasteiger partial charge in [-0.3, -0.25) is 0 Å². The largest absolute Gasteiger partial charge is 0.372 e. The van der Waals surface area contributed by atoms with Crippen molar-refractivity contribution in [3.05, 3.63) is 16.4 Å². The van der Waals surface area contributed by atoms with E-state index in [-0.39, 0.29) is 5.60 Å². The van der Waals surface area contributed by atoms with Crippen LogP contribution < -0.4 is 0 Å². The Bertz CT molecular complexity index is 498. The Labute approximate surface area is 92.9 Å². The molecule has 2 aromatic rings. The van der Waals surface area contributed by atoms with Gasteiger partial charge in [0.05, 0.1) is 11.4 Å². The Hall–Kier alpha value is -0.940. The molecule has 2 aromatic heterocycles. The molecule has 0 fully saturated rings. The minimum Gasteiger partial charge on any atom is -0.372 e. The highest BCUT2D eigenvalue weighted by Crippen LogP contribution is 2.29. The average Bonchev–Trinajstić information content (AvgIpc) is 2.69. The van der Waals surface area contributed by atoms with Gasteiger partial charge in [0, 0.05) is 7.11 Å². The summed E-state index contributed by atoms with van der Waals surface area (Å²) in [6.07, 6.45) is 0. The number of imidazole rings is 1. The third kappa shape index (κ3) is 1.55. The smallest absolute Gasteiger partial charge is 0.212 e. The van der Waals surface area contributed by atoms with Crippen LogP contribution in [0.1, 0.15) is 30.2 Å². The van der Waals surface area contributed by atoms with Crippen LogP contribution in [0, 0.1) is 13.8 Å². The zero-order chi connectivity index (χ0) is 11.2. The SMILES string of the molecule is COC(C)(C)c1nn2c(C)c(C)nc2s1. The molecular formula is C10H15N3OS. The monoisotopic (exact) mass is 225 g/mol. The lowest BCUT2D eigenvalue weighted by Crippen LogP contribution is -2.19. The van der Waals surface area contributed by atoms with E-state index in [1.807, 2.05) is 32.2 Å². The third-order valence-corrected chi connectivity index (χ3v) is 3.90. The Kier molecular flexibility index (Phi) is 2.31. The van der Waals surface area contributed by atoms with Crippen LogP contribution in [0.2, 0.25) is 0 Å². The predicted molar refractivity (Wildman–Crippen MR) is 60.4 cm³/mol. The maximum atomic E-state index is 5.40. The lowest BCUT2D eigenvalue weighted by atomic mass is 10.1. The van der Waals surface area contributed by atoms with Crippen LogP contribution in [0.25, 0.3) is 4.96 Å². The molecule has 0 saturated carbocycles.